The summed E-state index contributed by atoms with van der Waals surface area (Å²) < 4.78 is 13.1. The molecule has 3 amide bonds. The molecular weight excluding hydrogens is 423 g/mol. The van der Waals surface area contributed by atoms with Crippen molar-refractivity contribution >= 4 is 17.8 Å². The molecule has 1 fully saturated rings. The van der Waals surface area contributed by atoms with E-state index >= 15 is 0 Å². The maximum Gasteiger partial charge on any atom is 0.317 e. The third kappa shape index (κ3) is 6.87. The molecule has 3 rings (SSSR count). The number of carbonyl (C=O) groups is 2. The van der Waals surface area contributed by atoms with Crippen molar-refractivity contribution in [1.82, 2.24) is 25.3 Å². The van der Waals surface area contributed by atoms with Gasteiger partial charge < -0.3 is 20.0 Å². The lowest BCUT2D eigenvalue weighted by Gasteiger charge is -2.27. The summed E-state index contributed by atoms with van der Waals surface area (Å²) >= 11 is 0. The van der Waals surface area contributed by atoms with Crippen LogP contribution in [0.1, 0.15) is 33.1 Å². The zero-order chi connectivity index (χ0) is 23.6. The minimum Gasteiger partial charge on any atom is -0.353 e. The zero-order valence-corrected chi connectivity index (χ0v) is 19.5. The fourth-order valence-corrected chi connectivity index (χ4v) is 3.79. The first-order chi connectivity index (χ1) is 16.0. The van der Waals surface area contributed by atoms with E-state index in [-0.39, 0.29) is 24.3 Å². The summed E-state index contributed by atoms with van der Waals surface area (Å²) in [6.07, 6.45) is 2.46. The van der Waals surface area contributed by atoms with E-state index in [9.17, 15) is 14.0 Å². The highest BCUT2D eigenvalue weighted by molar-refractivity contribution is 5.84. The zero-order valence-electron chi connectivity index (χ0n) is 19.5. The molecular formula is C24H33FN6O2. The minimum atomic E-state index is -0.286. The van der Waals surface area contributed by atoms with Crippen LogP contribution >= 0.6 is 0 Å². The molecule has 1 saturated heterocycles. The molecule has 0 saturated carbocycles. The fraction of sp³-hybridized carbons (Fsp3) is 0.500. The van der Waals surface area contributed by atoms with Crippen LogP contribution in [-0.2, 0) is 4.79 Å². The van der Waals surface area contributed by atoms with Gasteiger partial charge in [-0.2, -0.15) is 0 Å². The number of benzene rings is 1. The summed E-state index contributed by atoms with van der Waals surface area (Å²) in [5.74, 6) is 0.433. The highest BCUT2D eigenvalue weighted by Crippen LogP contribution is 2.20. The van der Waals surface area contributed by atoms with Crippen molar-refractivity contribution in [2.75, 3.05) is 50.7 Å². The Morgan fingerprint density at radius 2 is 1.79 bits per heavy atom. The van der Waals surface area contributed by atoms with Crippen molar-refractivity contribution in [1.29, 1.82) is 0 Å². The van der Waals surface area contributed by atoms with Crippen LogP contribution in [0.25, 0.3) is 11.3 Å². The summed E-state index contributed by atoms with van der Waals surface area (Å²) in [4.78, 5) is 30.8. The van der Waals surface area contributed by atoms with Gasteiger partial charge in [-0.1, -0.05) is 13.8 Å². The highest BCUT2D eigenvalue weighted by atomic mass is 19.1. The number of rotatable bonds is 8. The number of aromatic nitrogens is 2. The lowest BCUT2D eigenvalue weighted by atomic mass is 10.1. The monoisotopic (exact) mass is 456 g/mol. The normalized spacial score (nSPS) is 14.0. The van der Waals surface area contributed by atoms with Crippen LogP contribution < -0.4 is 10.2 Å². The molecule has 9 heteroatoms. The molecule has 0 aliphatic carbocycles. The molecule has 1 aromatic carbocycles. The van der Waals surface area contributed by atoms with E-state index in [2.05, 4.69) is 20.4 Å². The first kappa shape index (κ1) is 24.4. The van der Waals surface area contributed by atoms with E-state index in [4.69, 9.17) is 0 Å². The third-order valence-corrected chi connectivity index (χ3v) is 5.60. The van der Waals surface area contributed by atoms with Crippen LogP contribution in [0.2, 0.25) is 0 Å². The smallest absolute Gasteiger partial charge is 0.317 e. The minimum absolute atomic E-state index is 0.0327. The van der Waals surface area contributed by atoms with Gasteiger partial charge >= 0.3 is 6.03 Å². The van der Waals surface area contributed by atoms with Crippen LogP contribution in [-0.4, -0.2) is 77.7 Å². The summed E-state index contributed by atoms with van der Waals surface area (Å²) in [7, 11) is 0. The van der Waals surface area contributed by atoms with Gasteiger partial charge in [-0.15, -0.1) is 10.2 Å². The molecule has 1 aliphatic rings. The first-order valence-electron chi connectivity index (χ1n) is 11.7. The Morgan fingerprint density at radius 1 is 1.00 bits per heavy atom. The van der Waals surface area contributed by atoms with Gasteiger partial charge in [-0.25, -0.2) is 9.18 Å². The number of hydrogen-bond donors (Lipinski definition) is 1. The summed E-state index contributed by atoms with van der Waals surface area (Å²) in [6, 6.07) is 9.77. The van der Waals surface area contributed by atoms with E-state index in [1.807, 2.05) is 30.9 Å². The standard InChI is InChI=1S/C24H33FN6O2/c1-3-12-26-24(33)31(13-4-2)18-23(32)30-15-5-14-29(16-17-30)22-11-10-21(27-28-22)19-6-8-20(25)9-7-19/h6-11H,3-5,12-18H2,1-2H3,(H,26,33). The lowest BCUT2D eigenvalue weighted by molar-refractivity contribution is -0.131. The van der Waals surface area contributed by atoms with Crippen molar-refractivity contribution in [3.05, 3.63) is 42.2 Å². The maximum absolute atomic E-state index is 13.1. The van der Waals surface area contributed by atoms with Gasteiger partial charge in [0, 0.05) is 44.8 Å². The number of halogens is 1. The first-order valence-corrected chi connectivity index (χ1v) is 11.7. The van der Waals surface area contributed by atoms with E-state index < -0.39 is 0 Å². The van der Waals surface area contributed by atoms with E-state index in [1.165, 1.54) is 12.1 Å². The van der Waals surface area contributed by atoms with Crippen LogP contribution in [0.15, 0.2) is 36.4 Å². The fourth-order valence-electron chi connectivity index (χ4n) is 3.79. The number of urea groups is 1. The average molecular weight is 457 g/mol. The summed E-state index contributed by atoms with van der Waals surface area (Å²) in [6.45, 7) is 7.87. The maximum atomic E-state index is 13.1. The van der Waals surface area contributed by atoms with Gasteiger partial charge in [0.2, 0.25) is 5.91 Å². The van der Waals surface area contributed by atoms with Gasteiger partial charge in [0.05, 0.1) is 5.69 Å². The van der Waals surface area contributed by atoms with Crippen molar-refractivity contribution in [2.45, 2.75) is 33.1 Å². The molecule has 0 bridgehead atoms. The second-order valence-corrected chi connectivity index (χ2v) is 8.16. The highest BCUT2D eigenvalue weighted by Gasteiger charge is 2.23. The van der Waals surface area contributed by atoms with E-state index in [0.717, 1.165) is 37.2 Å². The molecule has 0 unspecified atom stereocenters. The average Bonchev–Trinajstić information content (AvgIpc) is 3.09. The lowest BCUT2D eigenvalue weighted by Crippen LogP contribution is -2.47. The number of amides is 3. The number of carbonyl (C=O) groups excluding carboxylic acids is 2. The number of hydrogen-bond acceptors (Lipinski definition) is 5. The molecule has 0 spiro atoms. The van der Waals surface area contributed by atoms with Crippen molar-refractivity contribution < 1.29 is 14.0 Å². The topological polar surface area (TPSA) is 81.7 Å². The second-order valence-electron chi connectivity index (χ2n) is 8.16. The predicted octanol–water partition coefficient (Wildman–Crippen LogP) is 3.15. The Kier molecular flexibility index (Phi) is 8.97. The van der Waals surface area contributed by atoms with Crippen LogP contribution in [0, 0.1) is 5.82 Å². The van der Waals surface area contributed by atoms with Gasteiger partial charge in [0.15, 0.2) is 5.82 Å². The molecule has 33 heavy (non-hydrogen) atoms. The molecule has 8 nitrogen and oxygen atoms in total. The van der Waals surface area contributed by atoms with Gasteiger partial charge in [-0.05, 0) is 55.7 Å². The van der Waals surface area contributed by atoms with Crippen molar-refractivity contribution in [3.63, 3.8) is 0 Å². The quantitative estimate of drug-likeness (QED) is 0.660. The van der Waals surface area contributed by atoms with Gasteiger partial charge in [0.25, 0.3) is 0 Å². The predicted molar refractivity (Wildman–Crippen MR) is 126 cm³/mol. The molecule has 0 radical (unpaired) electrons. The molecule has 0 atom stereocenters. The van der Waals surface area contributed by atoms with E-state index in [0.29, 0.717) is 38.4 Å². The summed E-state index contributed by atoms with van der Waals surface area (Å²) in [5, 5.41) is 11.5. The molecule has 2 heterocycles. The SMILES string of the molecule is CCCNC(=O)N(CCC)CC(=O)N1CCCN(c2ccc(-c3ccc(F)cc3)nn2)CC1. The van der Waals surface area contributed by atoms with Crippen molar-refractivity contribution in [2.24, 2.45) is 0 Å². The second kappa shape index (κ2) is 12.1. The van der Waals surface area contributed by atoms with Crippen LogP contribution in [0.3, 0.4) is 0 Å². The molecule has 2 aromatic rings. The Hall–Kier alpha value is -3.23. The van der Waals surface area contributed by atoms with Crippen LogP contribution in [0.4, 0.5) is 15.0 Å². The molecule has 1 aromatic heterocycles. The molecule has 1 aliphatic heterocycles. The third-order valence-electron chi connectivity index (χ3n) is 5.60. The Balaban J connectivity index is 1.57. The molecule has 178 valence electrons. The largest absolute Gasteiger partial charge is 0.353 e. The Bertz CT molecular complexity index is 906. The Morgan fingerprint density at radius 3 is 2.45 bits per heavy atom. The van der Waals surface area contributed by atoms with Gasteiger partial charge in [0.1, 0.15) is 12.4 Å². The number of nitrogens with zero attached hydrogens (tertiary/aromatic N) is 5. The molecule has 1 N–H and O–H groups in total. The number of anilines is 1. The summed E-state index contributed by atoms with van der Waals surface area (Å²) in [5.41, 5.74) is 1.49. The van der Waals surface area contributed by atoms with E-state index in [1.54, 1.807) is 17.0 Å². The Labute approximate surface area is 194 Å². The van der Waals surface area contributed by atoms with Crippen LogP contribution in [0.5, 0.6) is 0 Å². The van der Waals surface area contributed by atoms with Crippen molar-refractivity contribution in [3.8, 4) is 11.3 Å². The number of nitrogens with one attached hydrogen (secondary N) is 1. The van der Waals surface area contributed by atoms with Gasteiger partial charge in [-0.3, -0.25) is 4.79 Å².